The van der Waals surface area contributed by atoms with Gasteiger partial charge in [-0.2, -0.15) is 5.26 Å². The van der Waals surface area contributed by atoms with Gasteiger partial charge >= 0.3 is 0 Å². The van der Waals surface area contributed by atoms with Crippen LogP contribution in [0.1, 0.15) is 24.2 Å². The van der Waals surface area contributed by atoms with Crippen LogP contribution in [0, 0.1) is 21.4 Å². The smallest absolute Gasteiger partial charge is 0.287 e. The van der Waals surface area contributed by atoms with Gasteiger partial charge in [-0.15, -0.1) is 0 Å². The minimum atomic E-state index is -0.519. The Morgan fingerprint density at radius 3 is 2.60 bits per heavy atom. The third kappa shape index (κ3) is 3.59. The van der Waals surface area contributed by atoms with Gasteiger partial charge in [0.25, 0.3) is 5.69 Å². The zero-order valence-corrected chi connectivity index (χ0v) is 14.0. The summed E-state index contributed by atoms with van der Waals surface area (Å²) >= 11 is 0. The van der Waals surface area contributed by atoms with Crippen LogP contribution in [0.4, 0.5) is 11.4 Å². The van der Waals surface area contributed by atoms with E-state index >= 15 is 0 Å². The summed E-state index contributed by atoms with van der Waals surface area (Å²) in [5.74, 6) is 0. The van der Waals surface area contributed by atoms with Gasteiger partial charge in [0.1, 0.15) is 11.6 Å². The summed E-state index contributed by atoms with van der Waals surface area (Å²) in [7, 11) is 0. The van der Waals surface area contributed by atoms with E-state index in [0.29, 0.717) is 0 Å². The van der Waals surface area contributed by atoms with E-state index < -0.39 is 4.92 Å². The zero-order valence-electron chi connectivity index (χ0n) is 14.0. The van der Waals surface area contributed by atoms with Gasteiger partial charge in [-0.3, -0.25) is 20.0 Å². The standard InChI is InChI=1S/C18H19N5O2/c1-14(17-4-2-3-7-20-17)21-8-10-22(11-9-21)16-5-6-18(23(24)25)15(12-16)13-19/h2-7,12,14H,8-11H2,1H3/t14-/m0/s1. The van der Waals surface area contributed by atoms with Gasteiger partial charge in [0.05, 0.1) is 10.6 Å². The molecule has 0 bridgehead atoms. The minimum absolute atomic E-state index is 0.104. The Labute approximate surface area is 146 Å². The number of benzene rings is 1. The molecule has 1 aliphatic rings. The van der Waals surface area contributed by atoms with E-state index in [9.17, 15) is 10.1 Å². The molecule has 2 heterocycles. The van der Waals surface area contributed by atoms with Gasteiger partial charge in [0.15, 0.2) is 0 Å². The van der Waals surface area contributed by atoms with E-state index in [1.807, 2.05) is 30.5 Å². The van der Waals surface area contributed by atoms with Gasteiger partial charge in [-0.1, -0.05) is 6.07 Å². The quantitative estimate of drug-likeness (QED) is 0.630. The van der Waals surface area contributed by atoms with Crippen LogP contribution in [0.5, 0.6) is 0 Å². The molecule has 1 atom stereocenters. The van der Waals surface area contributed by atoms with Gasteiger partial charge in [-0.05, 0) is 31.2 Å². The molecule has 0 unspecified atom stereocenters. The number of nitro groups is 1. The van der Waals surface area contributed by atoms with Crippen LogP contribution in [0.2, 0.25) is 0 Å². The normalized spacial score (nSPS) is 16.2. The summed E-state index contributed by atoms with van der Waals surface area (Å²) in [4.78, 5) is 19.4. The topological polar surface area (TPSA) is 86.3 Å². The Hall–Kier alpha value is -2.98. The largest absolute Gasteiger partial charge is 0.369 e. The molecule has 7 heteroatoms. The minimum Gasteiger partial charge on any atom is -0.369 e. The Bertz CT molecular complexity index is 795. The Morgan fingerprint density at radius 2 is 2.00 bits per heavy atom. The van der Waals surface area contributed by atoms with Gasteiger partial charge in [0.2, 0.25) is 0 Å². The summed E-state index contributed by atoms with van der Waals surface area (Å²) < 4.78 is 0. The maximum Gasteiger partial charge on any atom is 0.287 e. The van der Waals surface area contributed by atoms with Crippen molar-refractivity contribution >= 4 is 11.4 Å². The molecular formula is C18H19N5O2. The third-order valence-corrected chi connectivity index (χ3v) is 4.64. The summed E-state index contributed by atoms with van der Waals surface area (Å²) in [6, 6.07) is 12.8. The second-order valence-corrected chi connectivity index (χ2v) is 6.02. The first-order valence-corrected chi connectivity index (χ1v) is 8.18. The van der Waals surface area contributed by atoms with Crippen LogP contribution in [0.15, 0.2) is 42.6 Å². The predicted molar refractivity (Wildman–Crippen MR) is 94.2 cm³/mol. The number of anilines is 1. The Morgan fingerprint density at radius 1 is 1.24 bits per heavy atom. The van der Waals surface area contributed by atoms with E-state index in [-0.39, 0.29) is 17.3 Å². The van der Waals surface area contributed by atoms with Crippen molar-refractivity contribution < 1.29 is 4.92 Å². The lowest BCUT2D eigenvalue weighted by Crippen LogP contribution is -2.47. The van der Waals surface area contributed by atoms with Crippen molar-refractivity contribution in [3.63, 3.8) is 0 Å². The highest BCUT2D eigenvalue weighted by Crippen LogP contribution is 2.27. The van der Waals surface area contributed by atoms with E-state index in [2.05, 4.69) is 21.7 Å². The summed E-state index contributed by atoms with van der Waals surface area (Å²) in [5, 5.41) is 20.1. The molecule has 0 spiro atoms. The number of nitriles is 1. The van der Waals surface area contributed by atoms with Crippen LogP contribution in [-0.4, -0.2) is 41.0 Å². The fourth-order valence-electron chi connectivity index (χ4n) is 3.15. The van der Waals surface area contributed by atoms with E-state index in [0.717, 1.165) is 37.6 Å². The molecule has 0 radical (unpaired) electrons. The van der Waals surface area contributed by atoms with Crippen LogP contribution in [0.3, 0.4) is 0 Å². The van der Waals surface area contributed by atoms with Crippen molar-refractivity contribution in [1.29, 1.82) is 5.26 Å². The molecule has 1 aromatic carbocycles. The number of hydrogen-bond acceptors (Lipinski definition) is 6. The molecule has 1 fully saturated rings. The number of nitrogens with zero attached hydrogens (tertiary/aromatic N) is 5. The monoisotopic (exact) mass is 337 g/mol. The molecule has 0 N–H and O–H groups in total. The summed E-state index contributed by atoms with van der Waals surface area (Å²) in [6.45, 7) is 5.50. The molecule has 25 heavy (non-hydrogen) atoms. The highest BCUT2D eigenvalue weighted by molar-refractivity contribution is 5.60. The molecule has 0 amide bonds. The first-order chi connectivity index (χ1) is 12.1. The van der Waals surface area contributed by atoms with Crippen LogP contribution in [0.25, 0.3) is 0 Å². The molecule has 0 aliphatic carbocycles. The van der Waals surface area contributed by atoms with Crippen molar-refractivity contribution in [2.75, 3.05) is 31.1 Å². The van der Waals surface area contributed by atoms with Gasteiger partial charge in [0, 0.05) is 50.2 Å². The van der Waals surface area contributed by atoms with Crippen molar-refractivity contribution in [3.05, 3.63) is 64.0 Å². The second-order valence-electron chi connectivity index (χ2n) is 6.02. The average Bonchev–Trinajstić information content (AvgIpc) is 2.67. The summed E-state index contributed by atoms with van der Waals surface area (Å²) in [5.41, 5.74) is 1.87. The number of hydrogen-bond donors (Lipinski definition) is 0. The molecule has 1 aliphatic heterocycles. The van der Waals surface area contributed by atoms with Gasteiger partial charge < -0.3 is 4.90 Å². The lowest BCUT2D eigenvalue weighted by Gasteiger charge is -2.39. The van der Waals surface area contributed by atoms with E-state index in [4.69, 9.17) is 5.26 Å². The molecular weight excluding hydrogens is 318 g/mol. The fraction of sp³-hybridized carbons (Fsp3) is 0.333. The first kappa shape index (κ1) is 16.9. The maximum atomic E-state index is 10.9. The lowest BCUT2D eigenvalue weighted by atomic mass is 10.1. The van der Waals surface area contributed by atoms with Crippen molar-refractivity contribution in [3.8, 4) is 6.07 Å². The Balaban J connectivity index is 1.68. The van der Waals surface area contributed by atoms with Gasteiger partial charge in [-0.25, -0.2) is 0 Å². The predicted octanol–water partition coefficient (Wildman–Crippen LogP) is 2.74. The number of aromatic nitrogens is 1. The number of pyridine rings is 1. The van der Waals surface area contributed by atoms with Crippen LogP contribution in [-0.2, 0) is 0 Å². The lowest BCUT2D eigenvalue weighted by molar-refractivity contribution is -0.385. The van der Waals surface area contributed by atoms with Crippen molar-refractivity contribution in [2.24, 2.45) is 0 Å². The first-order valence-electron chi connectivity index (χ1n) is 8.18. The van der Waals surface area contributed by atoms with E-state index in [1.54, 1.807) is 12.1 Å². The second kappa shape index (κ2) is 7.28. The molecule has 0 saturated carbocycles. The number of piperazine rings is 1. The molecule has 2 aromatic rings. The highest BCUT2D eigenvalue weighted by atomic mass is 16.6. The third-order valence-electron chi connectivity index (χ3n) is 4.64. The molecule has 128 valence electrons. The SMILES string of the molecule is C[C@@H](c1ccccn1)N1CCN(c2ccc([N+](=O)[O-])c(C#N)c2)CC1. The maximum absolute atomic E-state index is 10.9. The molecule has 3 rings (SSSR count). The van der Waals surface area contributed by atoms with Crippen molar-refractivity contribution in [1.82, 2.24) is 9.88 Å². The summed E-state index contributed by atoms with van der Waals surface area (Å²) in [6.07, 6.45) is 1.81. The van der Waals surface area contributed by atoms with E-state index in [1.165, 1.54) is 6.07 Å². The van der Waals surface area contributed by atoms with Crippen LogP contribution < -0.4 is 4.90 Å². The van der Waals surface area contributed by atoms with Crippen molar-refractivity contribution in [2.45, 2.75) is 13.0 Å². The fourth-order valence-corrected chi connectivity index (χ4v) is 3.15. The molecule has 1 aromatic heterocycles. The highest BCUT2D eigenvalue weighted by Gasteiger charge is 2.24. The molecule has 1 saturated heterocycles. The Kier molecular flexibility index (Phi) is 4.91. The molecule has 7 nitrogen and oxygen atoms in total. The number of rotatable bonds is 4. The number of nitro benzene ring substituents is 1. The average molecular weight is 337 g/mol. The zero-order chi connectivity index (χ0) is 17.8. The van der Waals surface area contributed by atoms with Crippen LogP contribution >= 0.6 is 0 Å².